The van der Waals surface area contributed by atoms with Crippen LogP contribution in [0.3, 0.4) is 0 Å². The summed E-state index contributed by atoms with van der Waals surface area (Å²) >= 11 is 1.28. The summed E-state index contributed by atoms with van der Waals surface area (Å²) < 4.78 is 5.15. The third kappa shape index (κ3) is 6.11. The lowest BCUT2D eigenvalue weighted by atomic mass is 9.99. The van der Waals surface area contributed by atoms with Crippen molar-refractivity contribution < 1.29 is 14.3 Å². The predicted octanol–water partition coefficient (Wildman–Crippen LogP) is 3.75. The molecule has 29 heavy (non-hydrogen) atoms. The second-order valence-electron chi connectivity index (χ2n) is 6.25. The summed E-state index contributed by atoms with van der Waals surface area (Å²) in [5.74, 6) is -0.809. The highest BCUT2D eigenvalue weighted by Gasteiger charge is 2.21. The van der Waals surface area contributed by atoms with Crippen LogP contribution in [0.15, 0.2) is 60.7 Å². The van der Waals surface area contributed by atoms with Gasteiger partial charge >= 0.3 is 12.0 Å². The molecule has 2 aromatic carbocycles. The van der Waals surface area contributed by atoms with Gasteiger partial charge < -0.3 is 10.1 Å². The molecule has 1 atom stereocenters. The molecule has 2 N–H and O–H groups in total. The monoisotopic (exact) mass is 410 g/mol. The van der Waals surface area contributed by atoms with Gasteiger partial charge in [-0.1, -0.05) is 72.0 Å². The van der Waals surface area contributed by atoms with Gasteiger partial charge in [-0.15, -0.1) is 10.2 Å². The highest BCUT2D eigenvalue weighted by Crippen LogP contribution is 2.25. The van der Waals surface area contributed by atoms with E-state index in [2.05, 4.69) is 20.8 Å². The topological polar surface area (TPSA) is 93.2 Å². The third-order valence-electron chi connectivity index (χ3n) is 4.12. The lowest BCUT2D eigenvalue weighted by Crippen LogP contribution is -2.37. The molecule has 150 valence electrons. The molecule has 0 spiro atoms. The molecule has 0 radical (unpaired) electrons. The van der Waals surface area contributed by atoms with E-state index in [4.69, 9.17) is 4.74 Å². The van der Waals surface area contributed by atoms with Crippen LogP contribution in [0, 0.1) is 5.92 Å². The maximum atomic E-state index is 12.3. The zero-order valence-electron chi connectivity index (χ0n) is 16.0. The summed E-state index contributed by atoms with van der Waals surface area (Å²) in [7, 11) is 0. The first kappa shape index (κ1) is 20.5. The van der Waals surface area contributed by atoms with E-state index in [1.165, 1.54) is 11.3 Å². The molecule has 0 aliphatic carbocycles. The molecular weight excluding hydrogens is 388 g/mol. The van der Waals surface area contributed by atoms with Crippen molar-refractivity contribution in [2.45, 2.75) is 13.3 Å². The van der Waals surface area contributed by atoms with Gasteiger partial charge in [0, 0.05) is 12.1 Å². The third-order valence-corrected chi connectivity index (χ3v) is 5.01. The van der Waals surface area contributed by atoms with Crippen LogP contribution < -0.4 is 10.6 Å². The van der Waals surface area contributed by atoms with Crippen molar-refractivity contribution in [2.24, 2.45) is 5.92 Å². The molecular formula is C21H22N4O3S. The first-order chi connectivity index (χ1) is 14.2. The molecule has 1 unspecified atom stereocenters. The van der Waals surface area contributed by atoms with Crippen LogP contribution in [0.2, 0.25) is 0 Å². The van der Waals surface area contributed by atoms with E-state index in [1.807, 2.05) is 60.7 Å². The van der Waals surface area contributed by atoms with Crippen molar-refractivity contribution in [3.05, 3.63) is 66.2 Å². The van der Waals surface area contributed by atoms with E-state index in [-0.39, 0.29) is 12.5 Å². The number of rotatable bonds is 8. The minimum atomic E-state index is -0.475. The lowest BCUT2D eigenvalue weighted by Gasteiger charge is -2.16. The molecule has 0 saturated heterocycles. The number of nitrogens with zero attached hydrogens (tertiary/aromatic N) is 2. The van der Waals surface area contributed by atoms with Crippen LogP contribution in [-0.4, -0.2) is 35.3 Å². The van der Waals surface area contributed by atoms with E-state index in [9.17, 15) is 9.59 Å². The average molecular weight is 410 g/mol. The smallest absolute Gasteiger partial charge is 0.321 e. The van der Waals surface area contributed by atoms with Crippen molar-refractivity contribution in [1.29, 1.82) is 0 Å². The number of esters is 1. The van der Waals surface area contributed by atoms with Gasteiger partial charge in [0.15, 0.2) is 0 Å². The van der Waals surface area contributed by atoms with Gasteiger partial charge in [0.2, 0.25) is 5.13 Å². The number of hydrogen-bond acceptors (Lipinski definition) is 6. The number of urea groups is 1. The van der Waals surface area contributed by atoms with Gasteiger partial charge in [-0.25, -0.2) is 4.79 Å². The molecule has 0 aliphatic rings. The van der Waals surface area contributed by atoms with E-state index in [0.29, 0.717) is 18.2 Å². The van der Waals surface area contributed by atoms with Crippen LogP contribution in [0.4, 0.5) is 9.93 Å². The number of aromatic nitrogens is 2. The normalized spacial score (nSPS) is 11.5. The Morgan fingerprint density at radius 3 is 2.41 bits per heavy atom. The summed E-state index contributed by atoms with van der Waals surface area (Å²) in [6, 6.07) is 18.8. The highest BCUT2D eigenvalue weighted by molar-refractivity contribution is 7.18. The summed E-state index contributed by atoms with van der Waals surface area (Å²) in [6.45, 7) is 2.21. The number of benzene rings is 2. The van der Waals surface area contributed by atoms with Crippen molar-refractivity contribution in [2.75, 3.05) is 18.5 Å². The minimum Gasteiger partial charge on any atom is -0.466 e. The predicted molar refractivity (Wildman–Crippen MR) is 113 cm³/mol. The van der Waals surface area contributed by atoms with Gasteiger partial charge in [0.05, 0.1) is 12.5 Å². The maximum Gasteiger partial charge on any atom is 0.321 e. The molecule has 1 aromatic heterocycles. The second-order valence-corrected chi connectivity index (χ2v) is 7.23. The quantitative estimate of drug-likeness (QED) is 0.552. The largest absolute Gasteiger partial charge is 0.466 e. The van der Waals surface area contributed by atoms with Crippen molar-refractivity contribution >= 4 is 28.5 Å². The summed E-state index contributed by atoms with van der Waals surface area (Å²) in [5.41, 5.74) is 1.94. The van der Waals surface area contributed by atoms with Gasteiger partial charge in [0.25, 0.3) is 0 Å². The number of ether oxygens (including phenoxy) is 1. The Hall–Kier alpha value is -3.26. The van der Waals surface area contributed by atoms with E-state index < -0.39 is 11.9 Å². The van der Waals surface area contributed by atoms with E-state index in [1.54, 1.807) is 6.92 Å². The Morgan fingerprint density at radius 2 is 1.72 bits per heavy atom. The van der Waals surface area contributed by atoms with Gasteiger partial charge in [0.1, 0.15) is 5.01 Å². The van der Waals surface area contributed by atoms with Crippen molar-refractivity contribution in [1.82, 2.24) is 15.5 Å². The first-order valence-corrected chi connectivity index (χ1v) is 10.1. The fourth-order valence-corrected chi connectivity index (χ4v) is 3.47. The average Bonchev–Trinajstić information content (AvgIpc) is 3.21. The molecule has 8 heteroatoms. The second kappa shape index (κ2) is 10.3. The molecule has 0 bridgehead atoms. The standard InChI is InChI=1S/C21H22N4O3S/c1-2-28-19(26)17(13-15-9-5-3-6-10-15)14-22-20(27)23-21-25-24-18(29-21)16-11-7-4-8-12-16/h3-12,17H,2,13-14H2,1H3,(H2,22,23,25,27). The van der Waals surface area contributed by atoms with Crippen LogP contribution in [0.1, 0.15) is 12.5 Å². The zero-order chi connectivity index (χ0) is 20.5. The number of hydrogen-bond donors (Lipinski definition) is 2. The van der Waals surface area contributed by atoms with Crippen molar-refractivity contribution in [3.8, 4) is 10.6 Å². The summed E-state index contributed by atoms with van der Waals surface area (Å²) in [6.07, 6.45) is 0.483. The van der Waals surface area contributed by atoms with Gasteiger partial charge in [-0.05, 0) is 18.9 Å². The fourth-order valence-electron chi connectivity index (χ4n) is 2.73. The maximum absolute atomic E-state index is 12.3. The minimum absolute atomic E-state index is 0.157. The van der Waals surface area contributed by atoms with Gasteiger partial charge in [-0.3, -0.25) is 10.1 Å². The number of carbonyl (C=O) groups is 2. The molecule has 3 rings (SSSR count). The number of amides is 2. The molecule has 0 fully saturated rings. The van der Waals surface area contributed by atoms with Crippen LogP contribution in [0.25, 0.3) is 10.6 Å². The Balaban J connectivity index is 1.57. The summed E-state index contributed by atoms with van der Waals surface area (Å²) in [5, 5.41) is 14.6. The molecule has 0 saturated carbocycles. The highest BCUT2D eigenvalue weighted by atomic mass is 32.1. The van der Waals surface area contributed by atoms with Crippen molar-refractivity contribution in [3.63, 3.8) is 0 Å². The number of anilines is 1. The molecule has 0 aliphatic heterocycles. The Morgan fingerprint density at radius 1 is 1.03 bits per heavy atom. The molecule has 2 amide bonds. The Kier molecular flexibility index (Phi) is 7.29. The molecule has 1 heterocycles. The van der Waals surface area contributed by atoms with Crippen LogP contribution in [-0.2, 0) is 16.0 Å². The number of carbonyl (C=O) groups excluding carboxylic acids is 2. The van der Waals surface area contributed by atoms with E-state index in [0.717, 1.165) is 16.1 Å². The van der Waals surface area contributed by atoms with Crippen LogP contribution in [0.5, 0.6) is 0 Å². The Labute approximate surface area is 173 Å². The Bertz CT molecular complexity index is 931. The summed E-state index contributed by atoms with van der Waals surface area (Å²) in [4.78, 5) is 24.5. The van der Waals surface area contributed by atoms with E-state index >= 15 is 0 Å². The SMILES string of the molecule is CCOC(=O)C(CNC(=O)Nc1nnc(-c2ccccc2)s1)Cc1ccccc1. The fraction of sp³-hybridized carbons (Fsp3) is 0.238. The molecule has 3 aromatic rings. The number of nitrogens with one attached hydrogen (secondary N) is 2. The van der Waals surface area contributed by atoms with Gasteiger partial charge in [-0.2, -0.15) is 0 Å². The lowest BCUT2D eigenvalue weighted by molar-refractivity contribution is -0.147. The first-order valence-electron chi connectivity index (χ1n) is 9.30. The van der Waals surface area contributed by atoms with Crippen LogP contribution >= 0.6 is 11.3 Å². The zero-order valence-corrected chi connectivity index (χ0v) is 16.8. The molecule has 7 nitrogen and oxygen atoms in total.